The van der Waals surface area contributed by atoms with Crippen molar-refractivity contribution in [3.8, 4) is 0 Å². The van der Waals surface area contributed by atoms with E-state index in [1.165, 1.54) is 19.2 Å². The van der Waals surface area contributed by atoms with Gasteiger partial charge in [-0.15, -0.1) is 0 Å². The molecule has 0 spiro atoms. The fourth-order valence-electron chi connectivity index (χ4n) is 1.99. The summed E-state index contributed by atoms with van der Waals surface area (Å²) in [6.45, 7) is 0.515. The average Bonchev–Trinajstić information content (AvgIpc) is 2.55. The highest BCUT2D eigenvalue weighted by molar-refractivity contribution is 5.23. The van der Waals surface area contributed by atoms with Gasteiger partial charge in [0.2, 0.25) is 0 Å². The van der Waals surface area contributed by atoms with Crippen LogP contribution in [0.2, 0.25) is 0 Å². The van der Waals surface area contributed by atoms with Gasteiger partial charge in [-0.25, -0.2) is 9.18 Å². The zero-order chi connectivity index (χ0) is 13.5. The molecule has 0 bridgehead atoms. The van der Waals surface area contributed by atoms with Crippen LogP contribution in [0.3, 0.4) is 0 Å². The van der Waals surface area contributed by atoms with Crippen molar-refractivity contribution in [3.05, 3.63) is 22.7 Å². The first kappa shape index (κ1) is 12.9. The molecule has 0 saturated carbocycles. The van der Waals surface area contributed by atoms with Crippen molar-refractivity contribution in [3.63, 3.8) is 0 Å². The van der Waals surface area contributed by atoms with Crippen LogP contribution in [0, 0.1) is 5.92 Å². The predicted molar refractivity (Wildman–Crippen MR) is 59.1 cm³/mol. The minimum absolute atomic E-state index is 0.0381. The van der Waals surface area contributed by atoms with Crippen LogP contribution < -0.4 is 11.4 Å². The van der Waals surface area contributed by atoms with Crippen LogP contribution in [0.5, 0.6) is 0 Å². The van der Waals surface area contributed by atoms with Crippen molar-refractivity contribution in [2.45, 2.75) is 25.1 Å². The number of ether oxygens (including phenoxy) is 1. The van der Waals surface area contributed by atoms with Gasteiger partial charge in [-0.05, 0) is 6.07 Å². The maximum Gasteiger partial charge on any atom is 0.351 e. The molecule has 100 valence electrons. The standard InChI is InChI=1S/C10H14FN3O4/c1-5-7(16)10(11,4-15)18-8(5)14-3-2-6(12)13-9(14)17/h2-3,5,7-8,15-16H,4H2,1H3,(H2,12,13,17). The van der Waals surface area contributed by atoms with Gasteiger partial charge in [0.15, 0.2) is 0 Å². The number of aliphatic hydroxyl groups excluding tert-OH is 2. The topological polar surface area (TPSA) is 111 Å². The molecule has 1 aliphatic heterocycles. The van der Waals surface area contributed by atoms with E-state index >= 15 is 0 Å². The van der Waals surface area contributed by atoms with Crippen LogP contribution in [-0.2, 0) is 4.74 Å². The number of hydrogen-bond acceptors (Lipinski definition) is 6. The number of halogens is 1. The third-order valence-electron chi connectivity index (χ3n) is 3.05. The van der Waals surface area contributed by atoms with E-state index < -0.39 is 36.4 Å². The Morgan fingerprint density at radius 1 is 1.72 bits per heavy atom. The molecule has 4 unspecified atom stereocenters. The summed E-state index contributed by atoms with van der Waals surface area (Å²) in [5.74, 6) is -3.26. The lowest BCUT2D eigenvalue weighted by Gasteiger charge is -2.20. The summed E-state index contributed by atoms with van der Waals surface area (Å²) < 4.78 is 19.9. The minimum Gasteiger partial charge on any atom is -0.390 e. The predicted octanol–water partition coefficient (Wildman–Crippen LogP) is -0.991. The van der Waals surface area contributed by atoms with Gasteiger partial charge < -0.3 is 20.7 Å². The van der Waals surface area contributed by atoms with Crippen molar-refractivity contribution in [1.82, 2.24) is 9.55 Å². The number of nitrogens with two attached hydrogens (primary N) is 1. The zero-order valence-corrected chi connectivity index (χ0v) is 9.65. The van der Waals surface area contributed by atoms with Gasteiger partial charge in [-0.1, -0.05) is 6.92 Å². The zero-order valence-electron chi connectivity index (χ0n) is 9.65. The highest BCUT2D eigenvalue weighted by Crippen LogP contribution is 2.41. The largest absolute Gasteiger partial charge is 0.390 e. The van der Waals surface area contributed by atoms with E-state index in [1.807, 2.05) is 0 Å². The first-order chi connectivity index (χ1) is 8.39. The van der Waals surface area contributed by atoms with Crippen molar-refractivity contribution in [2.24, 2.45) is 5.92 Å². The van der Waals surface area contributed by atoms with Gasteiger partial charge in [0.25, 0.3) is 5.85 Å². The van der Waals surface area contributed by atoms with Gasteiger partial charge in [0.05, 0.1) is 0 Å². The number of aliphatic hydroxyl groups is 2. The van der Waals surface area contributed by atoms with Crippen LogP contribution in [0.1, 0.15) is 13.2 Å². The number of nitrogen functional groups attached to an aromatic ring is 1. The molecule has 1 aromatic rings. The van der Waals surface area contributed by atoms with Gasteiger partial charge in [-0.3, -0.25) is 4.57 Å². The molecule has 0 radical (unpaired) electrons. The number of hydrogen-bond donors (Lipinski definition) is 3. The fraction of sp³-hybridized carbons (Fsp3) is 0.600. The molecule has 4 atom stereocenters. The third-order valence-corrected chi connectivity index (χ3v) is 3.05. The first-order valence-electron chi connectivity index (χ1n) is 5.39. The molecule has 2 heterocycles. The van der Waals surface area contributed by atoms with E-state index in [-0.39, 0.29) is 5.82 Å². The van der Waals surface area contributed by atoms with E-state index in [1.54, 1.807) is 0 Å². The number of anilines is 1. The van der Waals surface area contributed by atoms with Gasteiger partial charge in [-0.2, -0.15) is 4.98 Å². The molecular weight excluding hydrogens is 245 g/mol. The molecule has 1 aliphatic rings. The molecule has 18 heavy (non-hydrogen) atoms. The van der Waals surface area contributed by atoms with Crippen LogP contribution >= 0.6 is 0 Å². The molecule has 1 fully saturated rings. The fourth-order valence-corrected chi connectivity index (χ4v) is 1.99. The molecule has 1 saturated heterocycles. The molecule has 0 aromatic carbocycles. The van der Waals surface area contributed by atoms with Crippen LogP contribution in [0.15, 0.2) is 17.1 Å². The smallest absolute Gasteiger partial charge is 0.351 e. The Labute approximate surface area is 102 Å². The molecule has 0 aliphatic carbocycles. The Morgan fingerprint density at radius 2 is 2.39 bits per heavy atom. The molecule has 8 heteroatoms. The van der Waals surface area contributed by atoms with E-state index in [0.29, 0.717) is 0 Å². The van der Waals surface area contributed by atoms with E-state index in [0.717, 1.165) is 4.57 Å². The van der Waals surface area contributed by atoms with Crippen molar-refractivity contribution in [1.29, 1.82) is 0 Å². The summed E-state index contributed by atoms with van der Waals surface area (Å²) in [5, 5.41) is 18.6. The Morgan fingerprint density at radius 3 is 2.89 bits per heavy atom. The normalized spacial score (nSPS) is 35.9. The first-order valence-corrected chi connectivity index (χ1v) is 5.39. The van der Waals surface area contributed by atoms with E-state index in [9.17, 15) is 14.3 Å². The number of aromatic nitrogens is 2. The van der Waals surface area contributed by atoms with Crippen molar-refractivity contribution < 1.29 is 19.3 Å². The maximum absolute atomic E-state index is 13.9. The highest BCUT2D eigenvalue weighted by Gasteiger charge is 2.54. The molecule has 1 aromatic heterocycles. The number of alkyl halides is 1. The summed E-state index contributed by atoms with van der Waals surface area (Å²) in [5.41, 5.74) is 4.63. The lowest BCUT2D eigenvalue weighted by atomic mass is 10.0. The van der Waals surface area contributed by atoms with E-state index in [2.05, 4.69) is 4.98 Å². The SMILES string of the molecule is CC1C(n2ccc(N)nc2=O)OC(F)(CO)C1O. The Hall–Kier alpha value is -1.51. The summed E-state index contributed by atoms with van der Waals surface area (Å²) in [4.78, 5) is 15.1. The van der Waals surface area contributed by atoms with Gasteiger partial charge >= 0.3 is 5.69 Å². The number of nitrogens with zero attached hydrogens (tertiary/aromatic N) is 2. The third kappa shape index (κ3) is 1.88. The van der Waals surface area contributed by atoms with Gasteiger partial charge in [0.1, 0.15) is 24.8 Å². The Bertz CT molecular complexity index is 508. The monoisotopic (exact) mass is 259 g/mol. The quantitative estimate of drug-likeness (QED) is 0.629. The number of rotatable bonds is 2. The molecule has 0 amide bonds. The Balaban J connectivity index is 2.38. The molecule has 2 rings (SSSR count). The average molecular weight is 259 g/mol. The molecule has 4 N–H and O–H groups in total. The van der Waals surface area contributed by atoms with Crippen LogP contribution in [0.25, 0.3) is 0 Å². The van der Waals surface area contributed by atoms with Crippen molar-refractivity contribution in [2.75, 3.05) is 12.3 Å². The minimum atomic E-state index is -2.58. The Kier molecular flexibility index (Phi) is 3.09. The summed E-state index contributed by atoms with van der Waals surface area (Å²) in [6.07, 6.45) is -1.27. The lowest BCUT2D eigenvalue weighted by Crippen LogP contribution is -2.39. The molecule has 7 nitrogen and oxygen atoms in total. The second-order valence-electron chi connectivity index (χ2n) is 4.30. The van der Waals surface area contributed by atoms with Crippen molar-refractivity contribution >= 4 is 5.82 Å². The summed E-state index contributed by atoms with van der Waals surface area (Å²) >= 11 is 0. The van der Waals surface area contributed by atoms with Gasteiger partial charge in [0, 0.05) is 12.1 Å². The summed E-state index contributed by atoms with van der Waals surface area (Å²) in [7, 11) is 0. The second-order valence-corrected chi connectivity index (χ2v) is 4.30. The molecular formula is C10H14FN3O4. The van der Waals surface area contributed by atoms with Crippen LogP contribution in [-0.4, -0.2) is 38.3 Å². The summed E-state index contributed by atoms with van der Waals surface area (Å²) in [6, 6.07) is 1.36. The highest BCUT2D eigenvalue weighted by atomic mass is 19.2. The second kappa shape index (κ2) is 4.30. The maximum atomic E-state index is 13.9. The van der Waals surface area contributed by atoms with E-state index in [4.69, 9.17) is 15.6 Å². The lowest BCUT2D eigenvalue weighted by molar-refractivity contribution is -0.207. The van der Waals surface area contributed by atoms with Crippen LogP contribution in [0.4, 0.5) is 10.2 Å².